The van der Waals surface area contributed by atoms with Crippen LogP contribution >= 0.6 is 0 Å². The Labute approximate surface area is 175 Å². The Morgan fingerprint density at radius 1 is 1.03 bits per heavy atom. The van der Waals surface area contributed by atoms with E-state index in [1.54, 1.807) is 48.8 Å². The van der Waals surface area contributed by atoms with Crippen LogP contribution in [0, 0.1) is 6.92 Å². The monoisotopic (exact) mass is 401 g/mol. The maximum Gasteiger partial charge on any atom is 0.255 e. The molecule has 1 fully saturated rings. The highest BCUT2D eigenvalue weighted by atomic mass is 16.5. The van der Waals surface area contributed by atoms with Gasteiger partial charge in [-0.1, -0.05) is 12.1 Å². The van der Waals surface area contributed by atoms with Gasteiger partial charge in [-0.05, 0) is 67.8 Å². The summed E-state index contributed by atoms with van der Waals surface area (Å²) in [4.78, 5) is 29.0. The Bertz CT molecular complexity index is 1050. The van der Waals surface area contributed by atoms with Gasteiger partial charge in [0.15, 0.2) is 0 Å². The number of amides is 2. The van der Waals surface area contributed by atoms with Gasteiger partial charge >= 0.3 is 0 Å². The molecule has 6 nitrogen and oxygen atoms in total. The van der Waals surface area contributed by atoms with Crippen LogP contribution in [0.25, 0.3) is 0 Å². The van der Waals surface area contributed by atoms with E-state index >= 15 is 0 Å². The normalized spacial score (nSPS) is 12.8. The molecular formula is C24H23N3O3. The van der Waals surface area contributed by atoms with Gasteiger partial charge in [0, 0.05) is 40.8 Å². The Kier molecular flexibility index (Phi) is 5.75. The first-order valence-corrected chi connectivity index (χ1v) is 9.93. The lowest BCUT2D eigenvalue weighted by atomic mass is 10.1. The molecule has 0 radical (unpaired) electrons. The molecule has 0 atom stereocenters. The first-order valence-electron chi connectivity index (χ1n) is 9.93. The Morgan fingerprint density at radius 3 is 2.50 bits per heavy atom. The van der Waals surface area contributed by atoms with E-state index < -0.39 is 0 Å². The number of anilines is 1. The summed E-state index contributed by atoms with van der Waals surface area (Å²) in [6.07, 6.45) is 5.53. The third-order valence-corrected chi connectivity index (χ3v) is 4.91. The Balaban J connectivity index is 1.39. The number of rotatable bonds is 7. The van der Waals surface area contributed by atoms with Gasteiger partial charge in [0.1, 0.15) is 12.4 Å². The van der Waals surface area contributed by atoms with E-state index in [9.17, 15) is 9.59 Å². The summed E-state index contributed by atoms with van der Waals surface area (Å²) >= 11 is 0. The van der Waals surface area contributed by atoms with Crippen molar-refractivity contribution in [1.29, 1.82) is 0 Å². The van der Waals surface area contributed by atoms with Crippen LogP contribution < -0.4 is 15.4 Å². The molecule has 3 aromatic rings. The Hall–Kier alpha value is -3.67. The van der Waals surface area contributed by atoms with Crippen molar-refractivity contribution in [3.8, 4) is 5.75 Å². The van der Waals surface area contributed by atoms with Gasteiger partial charge in [-0.2, -0.15) is 0 Å². The van der Waals surface area contributed by atoms with E-state index in [0.717, 1.165) is 24.0 Å². The van der Waals surface area contributed by atoms with Gasteiger partial charge in [-0.25, -0.2) is 0 Å². The van der Waals surface area contributed by atoms with E-state index in [-0.39, 0.29) is 17.9 Å². The summed E-state index contributed by atoms with van der Waals surface area (Å²) in [5, 5.41) is 5.86. The lowest BCUT2D eigenvalue weighted by Crippen LogP contribution is -2.25. The van der Waals surface area contributed by atoms with E-state index in [4.69, 9.17) is 4.74 Å². The number of nitrogens with one attached hydrogen (secondary N) is 2. The second-order valence-electron chi connectivity index (χ2n) is 7.41. The second-order valence-corrected chi connectivity index (χ2v) is 7.41. The van der Waals surface area contributed by atoms with Crippen LogP contribution in [0.1, 0.15) is 44.7 Å². The van der Waals surface area contributed by atoms with Crippen LogP contribution in [0.2, 0.25) is 0 Å². The van der Waals surface area contributed by atoms with Crippen molar-refractivity contribution < 1.29 is 14.3 Å². The van der Waals surface area contributed by atoms with Crippen molar-refractivity contribution in [3.05, 3.63) is 89.2 Å². The zero-order valence-electron chi connectivity index (χ0n) is 16.7. The molecule has 30 heavy (non-hydrogen) atoms. The molecule has 0 spiro atoms. The summed E-state index contributed by atoms with van der Waals surface area (Å²) in [6, 6.07) is 16.4. The predicted molar refractivity (Wildman–Crippen MR) is 115 cm³/mol. The average molecular weight is 401 g/mol. The molecule has 2 aromatic carbocycles. The molecule has 1 aliphatic rings. The molecule has 1 heterocycles. The number of pyridine rings is 1. The molecule has 0 aliphatic heterocycles. The molecule has 2 N–H and O–H groups in total. The number of aromatic nitrogens is 1. The summed E-state index contributed by atoms with van der Waals surface area (Å²) < 4.78 is 5.73. The van der Waals surface area contributed by atoms with E-state index in [0.29, 0.717) is 29.2 Å². The number of carbonyl (C=O) groups excluding carboxylic acids is 2. The molecule has 1 aliphatic carbocycles. The van der Waals surface area contributed by atoms with Gasteiger partial charge in [-0.3, -0.25) is 14.6 Å². The van der Waals surface area contributed by atoms with E-state index in [1.807, 2.05) is 25.1 Å². The third kappa shape index (κ3) is 5.03. The predicted octanol–water partition coefficient (Wildman–Crippen LogP) is 4.11. The SMILES string of the molecule is Cc1ccc(C(=O)NC2CC2)cc1NC(=O)c1ccc(OCc2cccnc2)cc1. The van der Waals surface area contributed by atoms with Crippen molar-refractivity contribution in [2.24, 2.45) is 0 Å². The van der Waals surface area contributed by atoms with Crippen LogP contribution in [-0.2, 0) is 6.61 Å². The highest BCUT2D eigenvalue weighted by molar-refractivity contribution is 6.05. The minimum atomic E-state index is -0.239. The zero-order chi connectivity index (χ0) is 20.9. The molecule has 0 bridgehead atoms. The van der Waals surface area contributed by atoms with Gasteiger partial charge in [0.25, 0.3) is 11.8 Å². The third-order valence-electron chi connectivity index (χ3n) is 4.91. The van der Waals surface area contributed by atoms with Crippen LogP contribution in [-0.4, -0.2) is 22.8 Å². The number of benzene rings is 2. The standard InChI is InChI=1S/C24H23N3O3/c1-16-4-5-19(24(29)26-20-8-9-20)13-22(16)27-23(28)18-6-10-21(11-7-18)30-15-17-3-2-12-25-14-17/h2-7,10-14,20H,8-9,15H2,1H3,(H,26,29)(H,27,28). The first kappa shape index (κ1) is 19.6. The maximum atomic E-state index is 12.7. The van der Waals surface area contributed by atoms with Crippen molar-refractivity contribution in [3.63, 3.8) is 0 Å². The number of aryl methyl sites for hydroxylation is 1. The fraction of sp³-hybridized carbons (Fsp3) is 0.208. The molecule has 152 valence electrons. The molecule has 0 unspecified atom stereocenters. The first-order chi connectivity index (χ1) is 14.6. The van der Waals surface area contributed by atoms with Gasteiger partial charge in [0.2, 0.25) is 0 Å². The lowest BCUT2D eigenvalue weighted by Gasteiger charge is -2.11. The van der Waals surface area contributed by atoms with Crippen molar-refractivity contribution in [2.75, 3.05) is 5.32 Å². The maximum absolute atomic E-state index is 12.7. The topological polar surface area (TPSA) is 80.3 Å². The molecule has 4 rings (SSSR count). The minimum absolute atomic E-state index is 0.108. The number of carbonyl (C=O) groups is 2. The van der Waals surface area contributed by atoms with Crippen LogP contribution in [0.5, 0.6) is 5.75 Å². The minimum Gasteiger partial charge on any atom is -0.489 e. The number of nitrogens with zero attached hydrogens (tertiary/aromatic N) is 1. The smallest absolute Gasteiger partial charge is 0.255 e. The van der Waals surface area contributed by atoms with Crippen molar-refractivity contribution in [2.45, 2.75) is 32.4 Å². The van der Waals surface area contributed by atoms with E-state index in [1.165, 1.54) is 0 Å². The fourth-order valence-corrected chi connectivity index (χ4v) is 2.94. The number of hydrogen-bond acceptors (Lipinski definition) is 4. The van der Waals surface area contributed by atoms with Gasteiger partial charge in [0.05, 0.1) is 0 Å². The molecule has 1 aromatic heterocycles. The van der Waals surface area contributed by atoms with Gasteiger partial charge in [-0.15, -0.1) is 0 Å². The molecular weight excluding hydrogens is 378 g/mol. The van der Waals surface area contributed by atoms with Crippen molar-refractivity contribution in [1.82, 2.24) is 10.3 Å². The van der Waals surface area contributed by atoms with Crippen LogP contribution in [0.15, 0.2) is 67.0 Å². The van der Waals surface area contributed by atoms with Crippen LogP contribution in [0.4, 0.5) is 5.69 Å². The summed E-state index contributed by atoms with van der Waals surface area (Å²) in [5.74, 6) is 0.324. The zero-order valence-corrected chi connectivity index (χ0v) is 16.7. The highest BCUT2D eigenvalue weighted by Gasteiger charge is 2.24. The molecule has 2 amide bonds. The van der Waals surface area contributed by atoms with E-state index in [2.05, 4.69) is 15.6 Å². The summed E-state index contributed by atoms with van der Waals surface area (Å²) in [6.45, 7) is 2.31. The van der Waals surface area contributed by atoms with Crippen molar-refractivity contribution >= 4 is 17.5 Å². The second kappa shape index (κ2) is 8.78. The van der Waals surface area contributed by atoms with Crippen LogP contribution in [0.3, 0.4) is 0 Å². The number of ether oxygens (including phenoxy) is 1. The Morgan fingerprint density at radius 2 is 1.80 bits per heavy atom. The lowest BCUT2D eigenvalue weighted by molar-refractivity contribution is 0.0949. The molecule has 1 saturated carbocycles. The van der Waals surface area contributed by atoms with Gasteiger partial charge < -0.3 is 15.4 Å². The quantitative estimate of drug-likeness (QED) is 0.624. The average Bonchev–Trinajstić information content (AvgIpc) is 3.59. The molecule has 6 heteroatoms. The fourth-order valence-electron chi connectivity index (χ4n) is 2.94. The number of hydrogen-bond donors (Lipinski definition) is 2. The molecule has 0 saturated heterocycles. The summed E-state index contributed by atoms with van der Waals surface area (Å²) in [7, 11) is 0. The summed E-state index contributed by atoms with van der Waals surface area (Å²) in [5.41, 5.74) is 3.54. The largest absolute Gasteiger partial charge is 0.489 e. The highest BCUT2D eigenvalue weighted by Crippen LogP contribution is 2.22.